The van der Waals surface area contributed by atoms with Crippen molar-refractivity contribution >= 4 is 46.1 Å². The first-order valence-electron chi connectivity index (χ1n) is 14.8. The largest absolute Gasteiger partial charge is 0.465 e. The van der Waals surface area contributed by atoms with Gasteiger partial charge in [0.15, 0.2) is 0 Å². The predicted molar refractivity (Wildman–Crippen MR) is 184 cm³/mol. The smallest absolute Gasteiger partial charge is 0.337 e. The Labute approximate surface area is 268 Å². The highest BCUT2D eigenvalue weighted by Crippen LogP contribution is 2.38. The van der Waals surface area contributed by atoms with Gasteiger partial charge in [-0.3, -0.25) is 0 Å². The minimum Gasteiger partial charge on any atom is -0.465 e. The minimum atomic E-state index is -0.364. The Balaban J connectivity index is 1.29. The summed E-state index contributed by atoms with van der Waals surface area (Å²) in [7, 11) is 2.76. The number of nitrogens with zero attached hydrogens (tertiary/aromatic N) is 2. The number of rotatable bonds is 9. The van der Waals surface area contributed by atoms with Crippen molar-refractivity contribution in [2.24, 2.45) is 0 Å². The van der Waals surface area contributed by atoms with Crippen LogP contribution in [0, 0.1) is 0 Å². The van der Waals surface area contributed by atoms with Crippen LogP contribution in [0.2, 0.25) is 0 Å². The highest BCUT2D eigenvalue weighted by atomic mass is 16.5. The Bertz CT molecular complexity index is 1760. The molecule has 0 fully saturated rings. The molecule has 6 aromatic rings. The molecule has 0 aromatic heterocycles. The summed E-state index contributed by atoms with van der Waals surface area (Å²) >= 11 is 0. The fraction of sp³-hybridized carbons (Fsp3) is 0.0500. The molecule has 0 heterocycles. The molecule has 226 valence electrons. The summed E-state index contributed by atoms with van der Waals surface area (Å²) in [6.07, 6.45) is 0. The standard InChI is InChI=1S/C40H32N2O4/c1-45-39(43)31-17-25-37(26-18-31)41(33-9-5-3-6-10-33)35-21-13-29(14-22-35)30-15-23-36(24-16-30)42(34-11-7-4-8-12-34)38-27-19-32(20-28-38)40(44)46-2/h3-28H,1-2H3. The summed E-state index contributed by atoms with van der Waals surface area (Å²) in [5, 5.41) is 0. The Morgan fingerprint density at radius 1 is 0.370 bits per heavy atom. The van der Waals surface area contributed by atoms with E-state index in [2.05, 4.69) is 82.6 Å². The van der Waals surface area contributed by atoms with Gasteiger partial charge in [0.25, 0.3) is 0 Å². The van der Waals surface area contributed by atoms with E-state index in [4.69, 9.17) is 9.47 Å². The molecule has 6 nitrogen and oxygen atoms in total. The van der Waals surface area contributed by atoms with Crippen LogP contribution in [0.1, 0.15) is 20.7 Å². The average molecular weight is 605 g/mol. The number of methoxy groups -OCH3 is 2. The van der Waals surface area contributed by atoms with Crippen molar-refractivity contribution in [2.75, 3.05) is 24.0 Å². The molecule has 0 unspecified atom stereocenters. The van der Waals surface area contributed by atoms with Gasteiger partial charge in [-0.1, -0.05) is 60.7 Å². The summed E-state index contributed by atoms with van der Waals surface area (Å²) in [5.74, 6) is -0.729. The zero-order chi connectivity index (χ0) is 31.9. The third-order valence-corrected chi connectivity index (χ3v) is 7.71. The molecule has 0 aliphatic carbocycles. The molecule has 0 aliphatic heterocycles. The highest BCUT2D eigenvalue weighted by Gasteiger charge is 2.16. The average Bonchev–Trinajstić information content (AvgIpc) is 3.13. The SMILES string of the molecule is COC(=O)c1ccc(N(c2ccccc2)c2ccc(-c3ccc(N(c4ccccc4)c4ccc(C(=O)OC)cc4)cc3)cc2)cc1. The molecule has 6 aromatic carbocycles. The maximum atomic E-state index is 12.0. The van der Waals surface area contributed by atoms with Crippen molar-refractivity contribution in [1.29, 1.82) is 0 Å². The molecule has 6 rings (SSSR count). The van der Waals surface area contributed by atoms with Crippen molar-refractivity contribution in [3.05, 3.63) is 169 Å². The zero-order valence-corrected chi connectivity index (χ0v) is 25.5. The maximum Gasteiger partial charge on any atom is 0.337 e. The van der Waals surface area contributed by atoms with Gasteiger partial charge in [-0.15, -0.1) is 0 Å². The molecule has 0 atom stereocenters. The van der Waals surface area contributed by atoms with Gasteiger partial charge in [0.1, 0.15) is 0 Å². The van der Waals surface area contributed by atoms with Gasteiger partial charge in [0.2, 0.25) is 0 Å². The molecule has 0 bridgehead atoms. The van der Waals surface area contributed by atoms with E-state index in [-0.39, 0.29) is 11.9 Å². The summed E-state index contributed by atoms with van der Waals surface area (Å²) in [6.45, 7) is 0. The van der Waals surface area contributed by atoms with E-state index in [0.29, 0.717) is 11.1 Å². The fourth-order valence-electron chi connectivity index (χ4n) is 5.38. The Hall–Kier alpha value is -6.14. The van der Waals surface area contributed by atoms with E-state index >= 15 is 0 Å². The lowest BCUT2D eigenvalue weighted by Crippen LogP contribution is -2.10. The number of anilines is 6. The Kier molecular flexibility index (Phi) is 8.88. The molecule has 0 spiro atoms. The topological polar surface area (TPSA) is 59.1 Å². The van der Waals surface area contributed by atoms with Crippen LogP contribution in [0.3, 0.4) is 0 Å². The molecule has 46 heavy (non-hydrogen) atoms. The first-order chi connectivity index (χ1) is 22.6. The molecular weight excluding hydrogens is 572 g/mol. The van der Waals surface area contributed by atoms with Crippen molar-refractivity contribution in [1.82, 2.24) is 0 Å². The Morgan fingerprint density at radius 2 is 0.630 bits per heavy atom. The number of esters is 2. The quantitative estimate of drug-likeness (QED) is 0.153. The van der Waals surface area contributed by atoms with Crippen molar-refractivity contribution in [3.8, 4) is 11.1 Å². The second kappa shape index (κ2) is 13.7. The van der Waals surface area contributed by atoms with Gasteiger partial charge in [0, 0.05) is 34.1 Å². The summed E-state index contributed by atoms with van der Waals surface area (Å²) in [6, 6.07) is 51.9. The van der Waals surface area contributed by atoms with E-state index in [1.54, 1.807) is 24.3 Å². The van der Waals surface area contributed by atoms with E-state index in [1.165, 1.54) is 14.2 Å². The first-order valence-corrected chi connectivity index (χ1v) is 14.8. The molecule has 0 aliphatic rings. The van der Waals surface area contributed by atoms with Crippen molar-refractivity contribution in [3.63, 3.8) is 0 Å². The minimum absolute atomic E-state index is 0.364. The number of hydrogen-bond donors (Lipinski definition) is 0. The van der Waals surface area contributed by atoms with Crippen LogP contribution < -0.4 is 9.80 Å². The van der Waals surface area contributed by atoms with Gasteiger partial charge in [-0.2, -0.15) is 0 Å². The van der Waals surface area contributed by atoms with Crippen LogP contribution in [-0.4, -0.2) is 26.2 Å². The van der Waals surface area contributed by atoms with E-state index in [1.807, 2.05) is 60.7 Å². The fourth-order valence-corrected chi connectivity index (χ4v) is 5.38. The molecule has 0 saturated heterocycles. The highest BCUT2D eigenvalue weighted by molar-refractivity contribution is 5.91. The molecule has 6 heteroatoms. The van der Waals surface area contributed by atoms with Crippen molar-refractivity contribution in [2.45, 2.75) is 0 Å². The lowest BCUT2D eigenvalue weighted by molar-refractivity contribution is 0.0592. The molecular formula is C40H32N2O4. The number of hydrogen-bond acceptors (Lipinski definition) is 6. The lowest BCUT2D eigenvalue weighted by Gasteiger charge is -2.26. The molecule has 0 saturated carbocycles. The Morgan fingerprint density at radius 3 is 0.913 bits per heavy atom. The van der Waals surface area contributed by atoms with Crippen LogP contribution in [0.15, 0.2) is 158 Å². The maximum absolute atomic E-state index is 12.0. The van der Waals surface area contributed by atoms with Gasteiger partial charge in [-0.25, -0.2) is 9.59 Å². The van der Waals surface area contributed by atoms with Crippen LogP contribution in [0.25, 0.3) is 11.1 Å². The van der Waals surface area contributed by atoms with Gasteiger partial charge in [0.05, 0.1) is 25.3 Å². The van der Waals surface area contributed by atoms with E-state index < -0.39 is 0 Å². The van der Waals surface area contributed by atoms with E-state index in [0.717, 1.165) is 45.3 Å². The predicted octanol–water partition coefficient (Wildman–Crippen LogP) is 9.87. The third kappa shape index (κ3) is 6.37. The zero-order valence-electron chi connectivity index (χ0n) is 25.5. The molecule has 0 N–H and O–H groups in total. The van der Waals surface area contributed by atoms with E-state index in [9.17, 15) is 9.59 Å². The second-order valence-corrected chi connectivity index (χ2v) is 10.5. The van der Waals surface area contributed by atoms with Crippen LogP contribution in [0.4, 0.5) is 34.1 Å². The first kappa shape index (κ1) is 29.9. The summed E-state index contributed by atoms with van der Waals surface area (Å²) < 4.78 is 9.74. The number of benzene rings is 6. The van der Waals surface area contributed by atoms with Crippen LogP contribution in [0.5, 0.6) is 0 Å². The van der Waals surface area contributed by atoms with Gasteiger partial charge in [-0.05, 0) is 108 Å². The van der Waals surface area contributed by atoms with Crippen LogP contribution in [-0.2, 0) is 9.47 Å². The molecule has 0 amide bonds. The molecule has 0 radical (unpaired) electrons. The summed E-state index contributed by atoms with van der Waals surface area (Å²) in [4.78, 5) is 28.3. The number of ether oxygens (including phenoxy) is 2. The summed E-state index contributed by atoms with van der Waals surface area (Å²) in [5.41, 5.74) is 9.01. The lowest BCUT2D eigenvalue weighted by atomic mass is 10.0. The van der Waals surface area contributed by atoms with Gasteiger partial charge < -0.3 is 19.3 Å². The number of carbonyl (C=O) groups excluding carboxylic acids is 2. The van der Waals surface area contributed by atoms with Crippen LogP contribution >= 0.6 is 0 Å². The van der Waals surface area contributed by atoms with Crippen molar-refractivity contribution < 1.29 is 19.1 Å². The normalized spacial score (nSPS) is 10.6. The third-order valence-electron chi connectivity index (χ3n) is 7.71. The second-order valence-electron chi connectivity index (χ2n) is 10.5. The van der Waals surface area contributed by atoms with Gasteiger partial charge >= 0.3 is 11.9 Å². The monoisotopic (exact) mass is 604 g/mol. The number of carbonyl (C=O) groups is 2. The number of para-hydroxylation sites is 2.